The summed E-state index contributed by atoms with van der Waals surface area (Å²) < 4.78 is 0. The molecule has 2 N–H and O–H groups in total. The maximum absolute atomic E-state index is 12.1. The molecule has 0 aromatic carbocycles. The van der Waals surface area contributed by atoms with Crippen LogP contribution >= 0.6 is 11.3 Å². The Labute approximate surface area is 115 Å². The van der Waals surface area contributed by atoms with Crippen LogP contribution in [0.3, 0.4) is 0 Å². The molecule has 7 heteroatoms. The lowest BCUT2D eigenvalue weighted by Crippen LogP contribution is -2.42. The summed E-state index contributed by atoms with van der Waals surface area (Å²) in [6.07, 6.45) is 1.99. The fourth-order valence-electron chi connectivity index (χ4n) is 2.07. The Morgan fingerprint density at radius 1 is 1.58 bits per heavy atom. The van der Waals surface area contributed by atoms with Crippen molar-refractivity contribution in [3.8, 4) is 0 Å². The molecule has 0 aliphatic carbocycles. The molecule has 1 aliphatic heterocycles. The van der Waals surface area contributed by atoms with Crippen LogP contribution in [0, 0.1) is 0 Å². The van der Waals surface area contributed by atoms with Crippen LogP contribution in [-0.2, 0) is 4.79 Å². The third-order valence-electron chi connectivity index (χ3n) is 3.12. The number of aromatic nitrogens is 1. The Morgan fingerprint density at radius 3 is 2.89 bits per heavy atom. The number of carbonyl (C=O) groups excluding carboxylic acids is 1. The molecule has 2 rings (SSSR count). The molecule has 1 aromatic heterocycles. The van der Waals surface area contributed by atoms with E-state index in [1.165, 1.54) is 16.2 Å². The molecule has 19 heavy (non-hydrogen) atoms. The van der Waals surface area contributed by atoms with E-state index in [0.717, 1.165) is 11.3 Å². The second-order valence-corrected chi connectivity index (χ2v) is 5.91. The summed E-state index contributed by atoms with van der Waals surface area (Å²) in [4.78, 5) is 29.5. The molecule has 2 amide bonds. The van der Waals surface area contributed by atoms with Gasteiger partial charge in [0.15, 0.2) is 5.13 Å². The van der Waals surface area contributed by atoms with Gasteiger partial charge in [0.2, 0.25) is 5.91 Å². The highest BCUT2D eigenvalue weighted by Crippen LogP contribution is 2.26. The highest BCUT2D eigenvalue weighted by Gasteiger charge is 2.34. The molecule has 0 bridgehead atoms. The van der Waals surface area contributed by atoms with Gasteiger partial charge in [-0.25, -0.2) is 9.78 Å². The van der Waals surface area contributed by atoms with E-state index in [-0.39, 0.29) is 5.91 Å². The standard InChI is InChI=1S/C12H17N3O3S/c1-7(2)9-6-13-11(19-9)14-10(16)8-4-3-5-15(8)12(17)18/h6-8H,3-5H2,1-2H3,(H,17,18)(H,13,14,16). The number of amides is 2. The number of rotatable bonds is 3. The molecule has 0 spiro atoms. The Balaban J connectivity index is 2.02. The van der Waals surface area contributed by atoms with Crippen LogP contribution in [0.2, 0.25) is 0 Å². The molecule has 1 aliphatic rings. The maximum Gasteiger partial charge on any atom is 0.407 e. The summed E-state index contributed by atoms with van der Waals surface area (Å²) in [5.74, 6) is 0.0784. The molecule has 1 unspecified atom stereocenters. The first-order valence-electron chi connectivity index (χ1n) is 6.25. The van der Waals surface area contributed by atoms with Gasteiger partial charge in [-0.2, -0.15) is 0 Å². The molecular formula is C12H17N3O3S. The summed E-state index contributed by atoms with van der Waals surface area (Å²) in [5.41, 5.74) is 0. The SMILES string of the molecule is CC(C)c1cnc(NC(=O)C2CCCN2C(=O)O)s1. The van der Waals surface area contributed by atoms with E-state index in [2.05, 4.69) is 24.1 Å². The molecule has 1 atom stereocenters. The molecule has 2 heterocycles. The van der Waals surface area contributed by atoms with Gasteiger partial charge in [-0.15, -0.1) is 11.3 Å². The Kier molecular flexibility index (Phi) is 4.04. The zero-order chi connectivity index (χ0) is 14.0. The number of carbonyl (C=O) groups is 2. The van der Waals surface area contributed by atoms with Gasteiger partial charge in [0.25, 0.3) is 0 Å². The predicted molar refractivity (Wildman–Crippen MR) is 72.6 cm³/mol. The van der Waals surface area contributed by atoms with E-state index in [0.29, 0.717) is 24.0 Å². The predicted octanol–water partition coefficient (Wildman–Crippen LogP) is 2.35. The van der Waals surface area contributed by atoms with Gasteiger partial charge in [0, 0.05) is 17.6 Å². The Bertz CT molecular complexity index is 486. The van der Waals surface area contributed by atoms with Crippen molar-refractivity contribution in [2.24, 2.45) is 0 Å². The van der Waals surface area contributed by atoms with Gasteiger partial charge in [0.05, 0.1) is 0 Å². The van der Waals surface area contributed by atoms with Crippen molar-refractivity contribution in [2.75, 3.05) is 11.9 Å². The maximum atomic E-state index is 12.1. The second kappa shape index (κ2) is 5.56. The summed E-state index contributed by atoms with van der Waals surface area (Å²) in [6, 6.07) is -0.594. The van der Waals surface area contributed by atoms with Crippen molar-refractivity contribution in [1.29, 1.82) is 0 Å². The molecule has 0 saturated carbocycles. The average molecular weight is 283 g/mol. The van der Waals surface area contributed by atoms with E-state index < -0.39 is 12.1 Å². The van der Waals surface area contributed by atoms with Crippen LogP contribution in [0.15, 0.2) is 6.20 Å². The molecule has 1 saturated heterocycles. The van der Waals surface area contributed by atoms with Crippen LogP contribution in [0.1, 0.15) is 37.5 Å². The van der Waals surface area contributed by atoms with Crippen molar-refractivity contribution in [2.45, 2.75) is 38.6 Å². The lowest BCUT2D eigenvalue weighted by Gasteiger charge is -2.19. The first-order chi connectivity index (χ1) is 8.99. The fraction of sp³-hybridized carbons (Fsp3) is 0.583. The first-order valence-corrected chi connectivity index (χ1v) is 7.07. The molecule has 1 aromatic rings. The van der Waals surface area contributed by atoms with Crippen molar-refractivity contribution in [1.82, 2.24) is 9.88 Å². The van der Waals surface area contributed by atoms with Crippen LogP contribution in [0.25, 0.3) is 0 Å². The fourth-order valence-corrected chi connectivity index (χ4v) is 2.89. The second-order valence-electron chi connectivity index (χ2n) is 4.85. The molecule has 1 fully saturated rings. The normalized spacial score (nSPS) is 18.9. The number of hydrogen-bond acceptors (Lipinski definition) is 4. The number of carboxylic acid groups (broad SMARTS) is 1. The van der Waals surface area contributed by atoms with Crippen LogP contribution in [0.5, 0.6) is 0 Å². The van der Waals surface area contributed by atoms with Gasteiger partial charge in [0.1, 0.15) is 6.04 Å². The number of hydrogen-bond donors (Lipinski definition) is 2. The Hall–Kier alpha value is -1.63. The summed E-state index contributed by atoms with van der Waals surface area (Å²) >= 11 is 1.43. The number of nitrogens with zero attached hydrogens (tertiary/aromatic N) is 2. The van der Waals surface area contributed by atoms with Gasteiger partial charge >= 0.3 is 6.09 Å². The number of thiazole rings is 1. The topological polar surface area (TPSA) is 82.5 Å². The Morgan fingerprint density at radius 2 is 2.32 bits per heavy atom. The van der Waals surface area contributed by atoms with Gasteiger partial charge in [-0.3, -0.25) is 9.69 Å². The first kappa shape index (κ1) is 13.8. The van der Waals surface area contributed by atoms with Crippen LogP contribution < -0.4 is 5.32 Å². The van der Waals surface area contributed by atoms with Gasteiger partial charge in [-0.05, 0) is 18.8 Å². The average Bonchev–Trinajstić information content (AvgIpc) is 2.96. The van der Waals surface area contributed by atoms with Crippen molar-refractivity contribution in [3.63, 3.8) is 0 Å². The van der Waals surface area contributed by atoms with E-state index >= 15 is 0 Å². The monoisotopic (exact) mass is 283 g/mol. The number of anilines is 1. The van der Waals surface area contributed by atoms with E-state index in [1.807, 2.05) is 0 Å². The van der Waals surface area contributed by atoms with E-state index in [1.54, 1.807) is 6.20 Å². The summed E-state index contributed by atoms with van der Waals surface area (Å²) in [5, 5.41) is 12.2. The molecular weight excluding hydrogens is 266 g/mol. The zero-order valence-corrected chi connectivity index (χ0v) is 11.7. The quantitative estimate of drug-likeness (QED) is 0.892. The molecule has 0 radical (unpaired) electrons. The van der Waals surface area contributed by atoms with E-state index in [9.17, 15) is 9.59 Å². The third-order valence-corrected chi connectivity index (χ3v) is 4.34. The lowest BCUT2D eigenvalue weighted by atomic mass is 10.2. The van der Waals surface area contributed by atoms with Gasteiger partial charge in [-0.1, -0.05) is 13.8 Å². The largest absolute Gasteiger partial charge is 0.465 e. The van der Waals surface area contributed by atoms with E-state index in [4.69, 9.17) is 5.11 Å². The van der Waals surface area contributed by atoms with Crippen molar-refractivity contribution < 1.29 is 14.7 Å². The zero-order valence-electron chi connectivity index (χ0n) is 10.9. The minimum atomic E-state index is -1.04. The minimum Gasteiger partial charge on any atom is -0.465 e. The minimum absolute atomic E-state index is 0.287. The number of nitrogens with one attached hydrogen (secondary N) is 1. The summed E-state index contributed by atoms with van der Waals surface area (Å²) in [6.45, 7) is 4.53. The molecule has 104 valence electrons. The van der Waals surface area contributed by atoms with Crippen molar-refractivity contribution in [3.05, 3.63) is 11.1 Å². The van der Waals surface area contributed by atoms with Gasteiger partial charge < -0.3 is 10.4 Å². The highest BCUT2D eigenvalue weighted by molar-refractivity contribution is 7.15. The highest BCUT2D eigenvalue weighted by atomic mass is 32.1. The molecule has 6 nitrogen and oxygen atoms in total. The third kappa shape index (κ3) is 3.04. The number of likely N-dealkylation sites (tertiary alicyclic amines) is 1. The lowest BCUT2D eigenvalue weighted by molar-refractivity contribution is -0.119. The van der Waals surface area contributed by atoms with Crippen molar-refractivity contribution >= 4 is 28.5 Å². The summed E-state index contributed by atoms with van der Waals surface area (Å²) in [7, 11) is 0. The van der Waals surface area contributed by atoms with Crippen LogP contribution in [0.4, 0.5) is 9.93 Å². The smallest absolute Gasteiger partial charge is 0.407 e. The van der Waals surface area contributed by atoms with Crippen LogP contribution in [-0.4, -0.2) is 39.6 Å².